The Bertz CT molecular complexity index is 214. The van der Waals surface area contributed by atoms with Crippen LogP contribution in [0.5, 0.6) is 0 Å². The Balaban J connectivity index is 4.22. The molecule has 0 aromatic rings. The average molecular weight is 216 g/mol. The molecule has 1 atom stereocenters. The Labute approximate surface area is 91.6 Å². The highest BCUT2D eigenvalue weighted by molar-refractivity contribution is 5.60. The summed E-state index contributed by atoms with van der Waals surface area (Å²) < 4.78 is 5.95. The third-order valence-electron chi connectivity index (χ3n) is 2.48. The van der Waals surface area contributed by atoms with Gasteiger partial charge in [-0.2, -0.15) is 4.79 Å². The highest BCUT2D eigenvalue weighted by Crippen LogP contribution is 2.12. The highest BCUT2D eigenvalue weighted by atomic mass is 16.5. The minimum absolute atomic E-state index is 0.424. The first-order chi connectivity index (χ1) is 7.15. The summed E-state index contributed by atoms with van der Waals surface area (Å²) in [5.41, 5.74) is 0. The lowest BCUT2D eigenvalue weighted by Crippen LogP contribution is -2.26. The Kier molecular flexibility index (Phi) is 7.68. The summed E-state index contributed by atoms with van der Waals surface area (Å²) in [6.07, 6.45) is 4.69. The summed E-state index contributed by atoms with van der Waals surface area (Å²) in [6, 6.07) is 0. The van der Waals surface area contributed by atoms with Crippen LogP contribution in [0.2, 0.25) is 0 Å². The molecule has 0 rings (SSSR count). The van der Waals surface area contributed by atoms with Gasteiger partial charge in [-0.15, -0.1) is 0 Å². The van der Waals surface area contributed by atoms with Crippen molar-refractivity contribution in [2.45, 2.75) is 39.5 Å². The first-order valence-electron chi connectivity index (χ1n) is 5.51. The first-order valence-corrected chi connectivity index (χ1v) is 5.51. The molecule has 1 N–H and O–H groups in total. The number of amides is 1. The molecule has 0 saturated carbocycles. The van der Waals surface area contributed by atoms with E-state index in [1.165, 1.54) is 18.1 Å². The molecule has 0 radical (unpaired) electrons. The van der Waals surface area contributed by atoms with E-state index in [4.69, 9.17) is 9.84 Å². The molecule has 0 spiro atoms. The zero-order valence-corrected chi connectivity index (χ0v) is 9.90. The number of ether oxygens (including phenoxy) is 1. The van der Waals surface area contributed by atoms with E-state index < -0.39 is 6.09 Å². The molecular formula is C11H22NO3+. The average Bonchev–Trinajstić information content (AvgIpc) is 2.22. The second-order valence-corrected chi connectivity index (χ2v) is 3.69. The van der Waals surface area contributed by atoms with Crippen LogP contribution in [0.3, 0.4) is 0 Å². The molecule has 15 heavy (non-hydrogen) atoms. The number of carbonyl (C=O) groups is 1. The number of methoxy groups -OCH3 is 1. The third-order valence-corrected chi connectivity index (χ3v) is 2.48. The van der Waals surface area contributed by atoms with Crippen molar-refractivity contribution in [1.29, 1.82) is 0 Å². The summed E-state index contributed by atoms with van der Waals surface area (Å²) in [4.78, 5) is 10.8. The smallest absolute Gasteiger partial charge is 0.453 e. The van der Waals surface area contributed by atoms with Crippen LogP contribution in [-0.2, 0) is 4.74 Å². The lowest BCUT2D eigenvalue weighted by Gasteiger charge is -2.10. The van der Waals surface area contributed by atoms with Crippen molar-refractivity contribution in [3.8, 4) is 0 Å². The van der Waals surface area contributed by atoms with Gasteiger partial charge in [0.25, 0.3) is 0 Å². The number of hydrogen-bond acceptors (Lipinski definition) is 2. The fraction of sp³-hybridized carbons (Fsp3) is 0.818. The zero-order chi connectivity index (χ0) is 11.7. The van der Waals surface area contributed by atoms with E-state index in [2.05, 4.69) is 13.8 Å². The highest BCUT2D eigenvalue weighted by Gasteiger charge is 2.20. The van der Waals surface area contributed by atoms with Crippen LogP contribution in [0.4, 0.5) is 4.79 Å². The molecule has 88 valence electrons. The second-order valence-electron chi connectivity index (χ2n) is 3.69. The van der Waals surface area contributed by atoms with Gasteiger partial charge in [-0.05, 0) is 12.8 Å². The second kappa shape index (κ2) is 8.26. The van der Waals surface area contributed by atoms with Crippen LogP contribution in [0.1, 0.15) is 39.5 Å². The van der Waals surface area contributed by atoms with Crippen LogP contribution in [0.15, 0.2) is 0 Å². The molecule has 1 amide bonds. The van der Waals surface area contributed by atoms with Crippen molar-refractivity contribution in [2.24, 2.45) is 5.92 Å². The number of unbranched alkanes of at least 4 members (excludes halogenated alkanes) is 1. The maximum atomic E-state index is 10.8. The number of nitrogens with zero attached hydrogens (tertiary/aromatic N) is 1. The molecule has 0 aromatic heterocycles. The van der Waals surface area contributed by atoms with E-state index >= 15 is 0 Å². The van der Waals surface area contributed by atoms with E-state index in [0.717, 1.165) is 25.7 Å². The molecule has 0 heterocycles. The van der Waals surface area contributed by atoms with Gasteiger partial charge in [0.15, 0.2) is 6.54 Å². The normalized spacial score (nSPS) is 13.7. The minimum atomic E-state index is -0.952. The minimum Gasteiger partial charge on any atom is -0.453 e. The fourth-order valence-corrected chi connectivity index (χ4v) is 1.49. The van der Waals surface area contributed by atoms with Gasteiger partial charge in [-0.1, -0.05) is 31.3 Å². The fourth-order valence-electron chi connectivity index (χ4n) is 1.49. The van der Waals surface area contributed by atoms with Crippen molar-refractivity contribution < 1.29 is 19.2 Å². The van der Waals surface area contributed by atoms with Crippen LogP contribution < -0.4 is 0 Å². The summed E-state index contributed by atoms with van der Waals surface area (Å²) >= 11 is 0. The standard InChI is InChI=1S/C11H21NO3/c1-4-6-7-10(5-2)8-12(9-15-3)11(13)14/h9-10H,4-8H2,1-3H3/p+1. The van der Waals surface area contributed by atoms with E-state index in [-0.39, 0.29) is 0 Å². The molecule has 0 saturated heterocycles. The van der Waals surface area contributed by atoms with Gasteiger partial charge in [0.2, 0.25) is 0 Å². The van der Waals surface area contributed by atoms with E-state index in [1.807, 2.05) is 0 Å². The van der Waals surface area contributed by atoms with Gasteiger partial charge in [0.05, 0.1) is 7.11 Å². The number of hydrogen-bond donors (Lipinski definition) is 1. The predicted octanol–water partition coefficient (Wildman–Crippen LogP) is 2.57. The zero-order valence-electron chi connectivity index (χ0n) is 9.90. The molecule has 0 aromatic carbocycles. The Hall–Kier alpha value is -1.06. The van der Waals surface area contributed by atoms with Gasteiger partial charge in [-0.3, -0.25) is 0 Å². The van der Waals surface area contributed by atoms with E-state index in [9.17, 15) is 4.79 Å². The molecule has 0 bridgehead atoms. The molecule has 0 fully saturated rings. The van der Waals surface area contributed by atoms with E-state index in [1.54, 1.807) is 0 Å². The van der Waals surface area contributed by atoms with Crippen molar-refractivity contribution in [1.82, 2.24) is 0 Å². The van der Waals surface area contributed by atoms with Crippen molar-refractivity contribution in [3.05, 3.63) is 0 Å². The van der Waals surface area contributed by atoms with Crippen molar-refractivity contribution in [3.63, 3.8) is 0 Å². The number of rotatable bonds is 7. The van der Waals surface area contributed by atoms with Crippen LogP contribution >= 0.6 is 0 Å². The molecular weight excluding hydrogens is 194 g/mol. The summed E-state index contributed by atoms with van der Waals surface area (Å²) in [6.45, 7) is 4.76. The summed E-state index contributed by atoms with van der Waals surface area (Å²) in [7, 11) is 1.46. The predicted molar refractivity (Wildman–Crippen MR) is 59.5 cm³/mol. The van der Waals surface area contributed by atoms with Crippen LogP contribution in [0, 0.1) is 5.92 Å². The third kappa shape index (κ3) is 6.10. The maximum absolute atomic E-state index is 10.8. The quantitative estimate of drug-likeness (QED) is 0.404. The molecule has 1 unspecified atom stereocenters. The summed E-state index contributed by atoms with van der Waals surface area (Å²) in [5.74, 6) is 0.424. The maximum Gasteiger partial charge on any atom is 0.596 e. The van der Waals surface area contributed by atoms with Gasteiger partial charge in [-0.25, -0.2) is 0 Å². The summed E-state index contributed by atoms with van der Waals surface area (Å²) in [5, 5.41) is 8.89. The molecule has 0 aliphatic rings. The largest absolute Gasteiger partial charge is 0.596 e. The molecule has 0 aliphatic carbocycles. The SMILES string of the molecule is CCCCC(CC)C[N+](=COC)C(=O)O. The lowest BCUT2D eigenvalue weighted by atomic mass is 9.99. The topological polar surface area (TPSA) is 49.5 Å². The van der Waals surface area contributed by atoms with Gasteiger partial charge < -0.3 is 9.84 Å². The molecule has 4 heteroatoms. The monoisotopic (exact) mass is 216 g/mol. The molecule has 4 nitrogen and oxygen atoms in total. The van der Waals surface area contributed by atoms with Crippen molar-refractivity contribution >= 4 is 12.5 Å². The van der Waals surface area contributed by atoms with Gasteiger partial charge in [0.1, 0.15) is 0 Å². The lowest BCUT2D eigenvalue weighted by molar-refractivity contribution is -0.456. The Morgan fingerprint density at radius 3 is 2.60 bits per heavy atom. The van der Waals surface area contributed by atoms with E-state index in [0.29, 0.717) is 12.5 Å². The molecule has 0 aliphatic heterocycles. The Morgan fingerprint density at radius 2 is 2.20 bits per heavy atom. The Morgan fingerprint density at radius 1 is 1.53 bits per heavy atom. The first kappa shape index (κ1) is 13.9. The number of carboxylic acid groups (broad SMARTS) is 1. The van der Waals surface area contributed by atoms with Gasteiger partial charge in [0, 0.05) is 5.92 Å². The van der Waals surface area contributed by atoms with Gasteiger partial charge >= 0.3 is 12.5 Å². The van der Waals surface area contributed by atoms with Crippen molar-refractivity contribution in [2.75, 3.05) is 13.7 Å². The van der Waals surface area contributed by atoms with Crippen LogP contribution in [0.25, 0.3) is 0 Å². The van der Waals surface area contributed by atoms with Crippen LogP contribution in [-0.4, -0.2) is 35.8 Å².